The molecule has 2 amide bonds. The van der Waals surface area contributed by atoms with Gasteiger partial charge in [-0.15, -0.1) is 11.8 Å². The van der Waals surface area contributed by atoms with Crippen LogP contribution in [0.3, 0.4) is 0 Å². The van der Waals surface area contributed by atoms with Crippen LogP contribution in [0.15, 0.2) is 23.1 Å². The van der Waals surface area contributed by atoms with Crippen LogP contribution >= 0.6 is 11.8 Å². The molecule has 0 aliphatic carbocycles. The summed E-state index contributed by atoms with van der Waals surface area (Å²) in [7, 11) is 1.11. The zero-order chi connectivity index (χ0) is 14.6. The molecule has 0 aromatic heterocycles. The number of rotatable bonds is 3. The molecule has 0 spiro atoms. The molecule has 0 saturated carbocycles. The number of hydrogen-bond donors (Lipinski definition) is 1. The predicted octanol–water partition coefficient (Wildman–Crippen LogP) is 3.74. The number of thioether (sulfide) groups is 1. The fourth-order valence-electron chi connectivity index (χ4n) is 1.41. The van der Waals surface area contributed by atoms with Crippen LogP contribution in [0.1, 0.15) is 5.56 Å². The summed E-state index contributed by atoms with van der Waals surface area (Å²) in [5, 5.41) is 2.48. The Kier molecular flexibility index (Phi) is 5.11. The highest BCUT2D eigenvalue weighted by Crippen LogP contribution is 2.23. The SMILES string of the molecule is CSc1ccc(C)c(NC(=O)N(C)CC(F)(F)F)c1. The molecule has 0 heterocycles. The Labute approximate surface area is 114 Å². The summed E-state index contributed by atoms with van der Waals surface area (Å²) in [5.41, 5.74) is 1.32. The van der Waals surface area contributed by atoms with Crippen molar-refractivity contribution >= 4 is 23.5 Å². The fraction of sp³-hybridized carbons (Fsp3) is 0.417. The lowest BCUT2D eigenvalue weighted by Crippen LogP contribution is -2.38. The second-order valence-corrected chi connectivity index (χ2v) is 4.96. The van der Waals surface area contributed by atoms with Crippen LogP contribution in [0, 0.1) is 6.92 Å². The highest BCUT2D eigenvalue weighted by molar-refractivity contribution is 7.98. The molecule has 1 aromatic carbocycles. The number of halogens is 3. The first-order chi connectivity index (χ1) is 8.73. The lowest BCUT2D eigenvalue weighted by Gasteiger charge is -2.20. The Morgan fingerprint density at radius 3 is 2.58 bits per heavy atom. The molecule has 106 valence electrons. The number of benzene rings is 1. The highest BCUT2D eigenvalue weighted by Gasteiger charge is 2.31. The number of carbonyl (C=O) groups excluding carboxylic acids is 1. The van der Waals surface area contributed by atoms with Gasteiger partial charge in [-0.1, -0.05) is 6.07 Å². The van der Waals surface area contributed by atoms with Gasteiger partial charge in [0.15, 0.2) is 0 Å². The lowest BCUT2D eigenvalue weighted by atomic mass is 10.2. The van der Waals surface area contributed by atoms with Gasteiger partial charge in [0.25, 0.3) is 0 Å². The molecule has 0 aliphatic rings. The van der Waals surface area contributed by atoms with Crippen LogP contribution in [-0.2, 0) is 0 Å². The molecule has 1 N–H and O–H groups in total. The van der Waals surface area contributed by atoms with Gasteiger partial charge in [-0.25, -0.2) is 4.79 Å². The Bertz CT molecular complexity index is 463. The number of anilines is 1. The summed E-state index contributed by atoms with van der Waals surface area (Å²) in [6.45, 7) is 0.504. The molecule has 0 saturated heterocycles. The van der Waals surface area contributed by atoms with Crippen molar-refractivity contribution in [2.45, 2.75) is 18.0 Å². The maximum Gasteiger partial charge on any atom is 0.406 e. The van der Waals surface area contributed by atoms with E-state index in [1.165, 1.54) is 11.8 Å². The van der Waals surface area contributed by atoms with Gasteiger partial charge < -0.3 is 10.2 Å². The number of carbonyl (C=O) groups is 1. The normalized spacial score (nSPS) is 11.3. The molecular formula is C12H15F3N2OS. The topological polar surface area (TPSA) is 32.3 Å². The first-order valence-electron chi connectivity index (χ1n) is 5.46. The molecule has 0 atom stereocenters. The van der Waals surface area contributed by atoms with Crippen molar-refractivity contribution in [3.63, 3.8) is 0 Å². The van der Waals surface area contributed by atoms with Gasteiger partial charge in [-0.2, -0.15) is 13.2 Å². The van der Waals surface area contributed by atoms with Gasteiger partial charge in [-0.05, 0) is 30.9 Å². The molecule has 0 bridgehead atoms. The lowest BCUT2D eigenvalue weighted by molar-refractivity contribution is -0.137. The molecule has 1 rings (SSSR count). The van der Waals surface area contributed by atoms with Gasteiger partial charge in [-0.3, -0.25) is 0 Å². The van der Waals surface area contributed by atoms with E-state index in [9.17, 15) is 18.0 Å². The average molecular weight is 292 g/mol. The number of nitrogens with zero attached hydrogens (tertiary/aromatic N) is 1. The summed E-state index contributed by atoms with van der Waals surface area (Å²) >= 11 is 1.49. The molecule has 0 unspecified atom stereocenters. The van der Waals surface area contributed by atoms with Crippen molar-refractivity contribution in [3.05, 3.63) is 23.8 Å². The van der Waals surface area contributed by atoms with E-state index in [2.05, 4.69) is 5.32 Å². The minimum atomic E-state index is -4.40. The second-order valence-electron chi connectivity index (χ2n) is 4.08. The van der Waals surface area contributed by atoms with Crippen molar-refractivity contribution in [2.24, 2.45) is 0 Å². The first kappa shape index (κ1) is 15.7. The largest absolute Gasteiger partial charge is 0.406 e. The first-order valence-corrected chi connectivity index (χ1v) is 6.69. The zero-order valence-electron chi connectivity index (χ0n) is 10.8. The Hall–Kier alpha value is -1.37. The molecule has 3 nitrogen and oxygen atoms in total. The summed E-state index contributed by atoms with van der Waals surface area (Å²) in [6.07, 6.45) is -2.52. The van der Waals surface area contributed by atoms with Crippen molar-refractivity contribution in [3.8, 4) is 0 Å². The molecule has 7 heteroatoms. The maximum atomic E-state index is 12.2. The number of urea groups is 1. The van der Waals surface area contributed by atoms with Gasteiger partial charge in [0.05, 0.1) is 0 Å². The van der Waals surface area contributed by atoms with Crippen molar-refractivity contribution in [1.29, 1.82) is 0 Å². The summed E-state index contributed by atoms with van der Waals surface area (Å²) < 4.78 is 36.5. The monoisotopic (exact) mass is 292 g/mol. The van der Waals surface area contributed by atoms with Crippen molar-refractivity contribution < 1.29 is 18.0 Å². The van der Waals surface area contributed by atoms with E-state index >= 15 is 0 Å². The smallest absolute Gasteiger partial charge is 0.318 e. The number of aryl methyl sites for hydroxylation is 1. The fourth-order valence-corrected chi connectivity index (χ4v) is 1.85. The molecule has 0 fully saturated rings. The van der Waals surface area contributed by atoms with Crippen LogP contribution in [0.25, 0.3) is 0 Å². The average Bonchev–Trinajstić information content (AvgIpc) is 2.29. The standard InChI is InChI=1S/C12H15F3N2OS/c1-8-4-5-9(19-3)6-10(8)16-11(18)17(2)7-12(13,14)15/h4-6H,7H2,1-3H3,(H,16,18). The van der Waals surface area contributed by atoms with Gasteiger partial charge in [0, 0.05) is 17.6 Å². The van der Waals surface area contributed by atoms with E-state index in [1.54, 1.807) is 13.0 Å². The molecule has 19 heavy (non-hydrogen) atoms. The van der Waals surface area contributed by atoms with E-state index in [1.807, 2.05) is 18.4 Å². The van der Waals surface area contributed by atoms with Crippen LogP contribution in [-0.4, -0.2) is 37.0 Å². The summed E-state index contributed by atoms with van der Waals surface area (Å²) in [4.78, 5) is 13.2. The van der Waals surface area contributed by atoms with Gasteiger partial charge in [0.1, 0.15) is 6.54 Å². The maximum absolute atomic E-state index is 12.2. The molecule has 0 radical (unpaired) electrons. The van der Waals surface area contributed by atoms with Crippen LogP contribution in [0.5, 0.6) is 0 Å². The highest BCUT2D eigenvalue weighted by atomic mass is 32.2. The zero-order valence-corrected chi connectivity index (χ0v) is 11.7. The van der Waals surface area contributed by atoms with E-state index in [-0.39, 0.29) is 0 Å². The van der Waals surface area contributed by atoms with Gasteiger partial charge in [0.2, 0.25) is 0 Å². The van der Waals surface area contributed by atoms with E-state index in [0.717, 1.165) is 17.5 Å². The minimum absolute atomic E-state index is 0.519. The quantitative estimate of drug-likeness (QED) is 0.861. The second kappa shape index (κ2) is 6.18. The number of nitrogens with one attached hydrogen (secondary N) is 1. The summed E-state index contributed by atoms with van der Waals surface area (Å²) in [6, 6.07) is 4.65. The molecular weight excluding hydrogens is 277 g/mol. The van der Waals surface area contributed by atoms with E-state index < -0.39 is 18.8 Å². The molecule has 1 aromatic rings. The number of amides is 2. The van der Waals surface area contributed by atoms with Crippen LogP contribution in [0.2, 0.25) is 0 Å². The molecule has 0 aliphatic heterocycles. The Morgan fingerprint density at radius 2 is 2.05 bits per heavy atom. The van der Waals surface area contributed by atoms with Crippen molar-refractivity contribution in [1.82, 2.24) is 4.90 Å². The Balaban J connectivity index is 2.76. The van der Waals surface area contributed by atoms with Crippen molar-refractivity contribution in [2.75, 3.05) is 25.2 Å². The number of hydrogen-bond acceptors (Lipinski definition) is 2. The van der Waals surface area contributed by atoms with Crippen LogP contribution < -0.4 is 5.32 Å². The third-order valence-electron chi connectivity index (χ3n) is 2.45. The number of alkyl halides is 3. The summed E-state index contributed by atoms with van der Waals surface area (Å²) in [5.74, 6) is 0. The van der Waals surface area contributed by atoms with E-state index in [4.69, 9.17) is 0 Å². The predicted molar refractivity (Wildman–Crippen MR) is 70.7 cm³/mol. The van der Waals surface area contributed by atoms with Gasteiger partial charge >= 0.3 is 12.2 Å². The Morgan fingerprint density at radius 1 is 1.42 bits per heavy atom. The minimum Gasteiger partial charge on any atom is -0.318 e. The van der Waals surface area contributed by atoms with E-state index in [0.29, 0.717) is 10.6 Å². The third-order valence-corrected chi connectivity index (χ3v) is 3.17. The van der Waals surface area contributed by atoms with Crippen LogP contribution in [0.4, 0.5) is 23.7 Å². The third kappa shape index (κ3) is 5.02.